The van der Waals surface area contributed by atoms with Crippen molar-refractivity contribution in [1.82, 2.24) is 10.2 Å². The monoisotopic (exact) mass is 523 g/mol. The van der Waals surface area contributed by atoms with Gasteiger partial charge in [-0.15, -0.1) is 0 Å². The maximum Gasteiger partial charge on any atom is 0.244 e. The maximum absolute atomic E-state index is 13.3. The zero-order valence-corrected chi connectivity index (χ0v) is 21.2. The Morgan fingerprint density at radius 2 is 1.56 bits per heavy atom. The average molecular weight is 524 g/mol. The second-order valence-corrected chi connectivity index (χ2v) is 10.3. The number of anilines is 1. The van der Waals surface area contributed by atoms with Crippen molar-refractivity contribution in [3.05, 3.63) is 64.1 Å². The molecule has 0 fully saturated rings. The van der Waals surface area contributed by atoms with E-state index in [1.54, 1.807) is 26.0 Å². The smallest absolute Gasteiger partial charge is 0.244 e. The van der Waals surface area contributed by atoms with Crippen molar-refractivity contribution in [1.29, 1.82) is 0 Å². The van der Waals surface area contributed by atoms with Crippen LogP contribution in [-0.4, -0.2) is 50.5 Å². The molecule has 0 saturated heterocycles. The van der Waals surface area contributed by atoms with E-state index in [9.17, 15) is 18.0 Å². The van der Waals surface area contributed by atoms with Crippen molar-refractivity contribution in [2.24, 2.45) is 0 Å². The number of likely N-dealkylation sites (N-methyl/N-ethyl adjacent to an activating group) is 1. The Morgan fingerprint density at radius 3 is 2.06 bits per heavy atom. The van der Waals surface area contributed by atoms with E-state index in [1.165, 1.54) is 4.90 Å². The summed E-state index contributed by atoms with van der Waals surface area (Å²) in [7, 11) is -3.72. The van der Waals surface area contributed by atoms with Gasteiger partial charge >= 0.3 is 0 Å². The molecule has 1 atom stereocenters. The third-order valence-electron chi connectivity index (χ3n) is 5.10. The molecule has 2 aromatic carbocycles. The number of benzene rings is 2. The van der Waals surface area contributed by atoms with Gasteiger partial charge in [0.1, 0.15) is 12.6 Å². The number of nitrogens with one attached hydrogen (secondary N) is 1. The molecular weight excluding hydrogens is 494 g/mol. The zero-order chi connectivity index (χ0) is 23.9. The van der Waals surface area contributed by atoms with Gasteiger partial charge in [-0.25, -0.2) is 8.42 Å². The van der Waals surface area contributed by atoms with Gasteiger partial charge in [-0.05, 0) is 55.7 Å². The molecule has 0 heterocycles. The van der Waals surface area contributed by atoms with E-state index in [1.807, 2.05) is 43.3 Å². The predicted octanol–water partition coefficient (Wildman–Crippen LogP) is 3.33. The third kappa shape index (κ3) is 7.06. The van der Waals surface area contributed by atoms with Crippen LogP contribution < -0.4 is 9.62 Å². The van der Waals surface area contributed by atoms with Crippen LogP contribution in [0.25, 0.3) is 0 Å². The molecule has 0 aromatic heterocycles. The van der Waals surface area contributed by atoms with Crippen molar-refractivity contribution in [3.63, 3.8) is 0 Å². The van der Waals surface area contributed by atoms with Gasteiger partial charge in [0.15, 0.2) is 0 Å². The first-order chi connectivity index (χ1) is 15.1. The SMILES string of the molecule is CCNC(=O)[C@@H](C)N(Cc1ccc(Br)cc1)C(=O)CN(c1ccc(CC)cc1)S(C)(=O)=O. The predicted molar refractivity (Wildman–Crippen MR) is 131 cm³/mol. The van der Waals surface area contributed by atoms with Crippen molar-refractivity contribution >= 4 is 43.5 Å². The highest BCUT2D eigenvalue weighted by molar-refractivity contribution is 9.10. The Labute approximate surface area is 199 Å². The molecule has 0 aliphatic heterocycles. The van der Waals surface area contributed by atoms with Gasteiger partial charge in [0, 0.05) is 17.6 Å². The summed E-state index contributed by atoms with van der Waals surface area (Å²) >= 11 is 3.39. The first-order valence-electron chi connectivity index (χ1n) is 10.4. The summed E-state index contributed by atoms with van der Waals surface area (Å²) in [6.07, 6.45) is 1.89. The Balaban J connectivity index is 2.35. The quantitative estimate of drug-likeness (QED) is 0.517. The van der Waals surface area contributed by atoms with E-state index in [0.29, 0.717) is 12.2 Å². The van der Waals surface area contributed by atoms with E-state index >= 15 is 0 Å². The van der Waals surface area contributed by atoms with Gasteiger partial charge in [-0.3, -0.25) is 13.9 Å². The Morgan fingerprint density at radius 1 is 1.00 bits per heavy atom. The molecule has 32 heavy (non-hydrogen) atoms. The highest BCUT2D eigenvalue weighted by Gasteiger charge is 2.29. The van der Waals surface area contributed by atoms with Crippen molar-refractivity contribution in [2.45, 2.75) is 39.8 Å². The third-order valence-corrected chi connectivity index (χ3v) is 6.77. The molecule has 0 bridgehead atoms. The van der Waals surface area contributed by atoms with Crippen LogP contribution in [0.5, 0.6) is 0 Å². The summed E-state index contributed by atoms with van der Waals surface area (Å²) in [5.41, 5.74) is 2.30. The summed E-state index contributed by atoms with van der Waals surface area (Å²) in [5.74, 6) is -0.757. The number of halogens is 1. The lowest BCUT2D eigenvalue weighted by Crippen LogP contribution is -2.51. The van der Waals surface area contributed by atoms with E-state index < -0.39 is 28.5 Å². The van der Waals surface area contributed by atoms with Crippen LogP contribution in [0, 0.1) is 0 Å². The Bertz CT molecular complexity index is 1020. The van der Waals surface area contributed by atoms with E-state index in [2.05, 4.69) is 21.2 Å². The molecule has 174 valence electrons. The van der Waals surface area contributed by atoms with Crippen molar-refractivity contribution in [3.8, 4) is 0 Å². The number of sulfonamides is 1. The summed E-state index contributed by atoms with van der Waals surface area (Å²) in [5, 5.41) is 2.73. The van der Waals surface area contributed by atoms with Crippen LogP contribution in [0.2, 0.25) is 0 Å². The number of rotatable bonds is 10. The normalized spacial score (nSPS) is 12.2. The molecule has 2 rings (SSSR count). The maximum atomic E-state index is 13.3. The number of carbonyl (C=O) groups is 2. The zero-order valence-electron chi connectivity index (χ0n) is 18.8. The Kier molecular flexibility index (Phi) is 9.27. The molecule has 2 aromatic rings. The molecule has 2 amide bonds. The number of hydrogen-bond acceptors (Lipinski definition) is 4. The fourth-order valence-corrected chi connectivity index (χ4v) is 4.32. The van der Waals surface area contributed by atoms with Gasteiger partial charge in [0.2, 0.25) is 21.8 Å². The number of carbonyl (C=O) groups excluding carboxylic acids is 2. The van der Waals surface area contributed by atoms with Gasteiger partial charge < -0.3 is 10.2 Å². The molecule has 0 unspecified atom stereocenters. The molecular formula is C23H30BrN3O4S. The number of amides is 2. The second kappa shape index (κ2) is 11.5. The minimum atomic E-state index is -3.72. The van der Waals surface area contributed by atoms with Gasteiger partial charge in [-0.1, -0.05) is 47.1 Å². The number of nitrogens with zero attached hydrogens (tertiary/aromatic N) is 2. The molecule has 7 nitrogen and oxygen atoms in total. The van der Waals surface area contributed by atoms with Crippen LogP contribution in [0.3, 0.4) is 0 Å². The molecule has 0 aliphatic rings. The van der Waals surface area contributed by atoms with Crippen molar-refractivity contribution < 1.29 is 18.0 Å². The molecule has 9 heteroatoms. The summed E-state index contributed by atoms with van der Waals surface area (Å²) in [6, 6.07) is 13.7. The van der Waals surface area contributed by atoms with E-state index in [-0.39, 0.29) is 12.5 Å². The largest absolute Gasteiger partial charge is 0.355 e. The van der Waals surface area contributed by atoms with E-state index in [4.69, 9.17) is 0 Å². The molecule has 1 N–H and O–H groups in total. The summed E-state index contributed by atoms with van der Waals surface area (Å²) < 4.78 is 27.0. The lowest BCUT2D eigenvalue weighted by molar-refractivity contribution is -0.139. The van der Waals surface area contributed by atoms with Gasteiger partial charge in [-0.2, -0.15) is 0 Å². The van der Waals surface area contributed by atoms with Crippen LogP contribution in [0.1, 0.15) is 31.9 Å². The lowest BCUT2D eigenvalue weighted by Gasteiger charge is -2.31. The molecule has 0 spiro atoms. The lowest BCUT2D eigenvalue weighted by atomic mass is 10.1. The highest BCUT2D eigenvalue weighted by Crippen LogP contribution is 2.20. The van der Waals surface area contributed by atoms with Crippen LogP contribution in [-0.2, 0) is 32.6 Å². The Hall–Kier alpha value is -2.39. The summed E-state index contributed by atoms with van der Waals surface area (Å²) in [4.78, 5) is 27.3. The van der Waals surface area contributed by atoms with E-state index in [0.717, 1.165) is 32.6 Å². The first-order valence-corrected chi connectivity index (χ1v) is 13.1. The standard InChI is InChI=1S/C23H30BrN3O4S/c1-5-18-9-13-21(14-10-18)27(32(4,30)31)16-22(28)26(17(3)23(29)25-6-2)15-19-7-11-20(24)12-8-19/h7-14,17H,5-6,15-16H2,1-4H3,(H,25,29)/t17-/m1/s1. The van der Waals surface area contributed by atoms with Crippen LogP contribution >= 0.6 is 15.9 Å². The molecule has 0 aliphatic carbocycles. The van der Waals surface area contributed by atoms with Crippen LogP contribution in [0.4, 0.5) is 5.69 Å². The summed E-state index contributed by atoms with van der Waals surface area (Å²) in [6.45, 7) is 5.67. The number of aryl methyl sites for hydroxylation is 1. The fraction of sp³-hybridized carbons (Fsp3) is 0.391. The minimum Gasteiger partial charge on any atom is -0.355 e. The van der Waals surface area contributed by atoms with Gasteiger partial charge in [0.25, 0.3) is 0 Å². The molecule has 0 saturated carbocycles. The van der Waals surface area contributed by atoms with Gasteiger partial charge in [0.05, 0.1) is 11.9 Å². The van der Waals surface area contributed by atoms with Crippen molar-refractivity contribution in [2.75, 3.05) is 23.7 Å². The highest BCUT2D eigenvalue weighted by atomic mass is 79.9. The molecule has 0 radical (unpaired) electrons. The fourth-order valence-electron chi connectivity index (χ4n) is 3.20. The van der Waals surface area contributed by atoms with Crippen LogP contribution in [0.15, 0.2) is 53.0 Å². The second-order valence-electron chi connectivity index (χ2n) is 7.51. The first kappa shape index (κ1) is 25.9. The minimum absolute atomic E-state index is 0.177. The topological polar surface area (TPSA) is 86.8 Å². The number of hydrogen-bond donors (Lipinski definition) is 1. The average Bonchev–Trinajstić information content (AvgIpc) is 2.76.